The molecule has 0 spiro atoms. The Kier molecular flexibility index (Phi) is 6.71. The molecule has 4 heterocycles. The zero-order valence-corrected chi connectivity index (χ0v) is 22.4. The van der Waals surface area contributed by atoms with E-state index in [1.54, 1.807) is 12.5 Å². The van der Waals surface area contributed by atoms with Crippen LogP contribution in [0.5, 0.6) is 0 Å². The van der Waals surface area contributed by atoms with Gasteiger partial charge in [-0.15, -0.1) is 0 Å². The monoisotopic (exact) mass is 577 g/mol. The maximum Gasteiger partial charge on any atom is 0.197 e. The molecule has 0 bridgehead atoms. The van der Waals surface area contributed by atoms with E-state index < -0.39 is 0 Å². The van der Waals surface area contributed by atoms with E-state index in [1.807, 2.05) is 59.1 Å². The Morgan fingerprint density at radius 3 is 2.73 bits per heavy atom. The van der Waals surface area contributed by atoms with Crippen LogP contribution in [0, 0.1) is 5.92 Å². The molecule has 1 aliphatic heterocycles. The van der Waals surface area contributed by atoms with Crippen molar-refractivity contribution in [2.24, 2.45) is 5.92 Å². The van der Waals surface area contributed by atoms with Gasteiger partial charge in [-0.1, -0.05) is 41.9 Å². The fourth-order valence-corrected chi connectivity index (χ4v) is 5.52. The van der Waals surface area contributed by atoms with Crippen LogP contribution in [-0.4, -0.2) is 39.1 Å². The van der Waals surface area contributed by atoms with E-state index in [4.69, 9.17) is 21.0 Å². The molecule has 1 aliphatic rings. The second-order valence-corrected chi connectivity index (χ2v) is 10.7. The fraction of sp³-hybridized carbons (Fsp3) is 0.250. The summed E-state index contributed by atoms with van der Waals surface area (Å²) in [5.74, 6) is 1.39. The largest absolute Gasteiger partial charge is 0.464 e. The van der Waals surface area contributed by atoms with Crippen molar-refractivity contribution >= 4 is 50.0 Å². The summed E-state index contributed by atoms with van der Waals surface area (Å²) >= 11 is 10.0. The number of aromatic nitrogens is 3. The Labute approximate surface area is 227 Å². The molecule has 0 amide bonds. The molecule has 0 radical (unpaired) electrons. The fourth-order valence-electron chi connectivity index (χ4n) is 4.93. The third kappa shape index (κ3) is 4.89. The summed E-state index contributed by atoms with van der Waals surface area (Å²) in [5.41, 5.74) is 3.83. The first kappa shape index (κ1) is 24.2. The van der Waals surface area contributed by atoms with E-state index in [0.29, 0.717) is 34.0 Å². The lowest BCUT2D eigenvalue weighted by Gasteiger charge is -2.32. The van der Waals surface area contributed by atoms with Crippen molar-refractivity contribution in [1.29, 1.82) is 0 Å². The van der Waals surface area contributed by atoms with Crippen molar-refractivity contribution in [2.45, 2.75) is 19.4 Å². The molecule has 188 valence electrons. The van der Waals surface area contributed by atoms with Crippen LogP contribution in [0.2, 0.25) is 5.02 Å². The van der Waals surface area contributed by atoms with Crippen molar-refractivity contribution in [3.05, 3.63) is 92.3 Å². The zero-order chi connectivity index (χ0) is 25.4. The molecule has 5 aromatic rings. The number of nitrogens with zero attached hydrogens (tertiary/aromatic N) is 4. The Morgan fingerprint density at radius 1 is 1.11 bits per heavy atom. The number of para-hydroxylation sites is 1. The number of anilines is 1. The normalized spacial score (nSPS) is 15.0. The first-order valence-electron chi connectivity index (χ1n) is 12.3. The average Bonchev–Trinajstić information content (AvgIpc) is 3.30. The summed E-state index contributed by atoms with van der Waals surface area (Å²) in [6.07, 6.45) is 5.46. The van der Waals surface area contributed by atoms with Crippen molar-refractivity contribution in [3.63, 3.8) is 0 Å². The number of benzene rings is 2. The smallest absolute Gasteiger partial charge is 0.197 e. The molecule has 1 N–H and O–H groups in total. The second-order valence-electron chi connectivity index (χ2n) is 9.42. The Bertz CT molecular complexity index is 1640. The molecule has 1 saturated heterocycles. The van der Waals surface area contributed by atoms with E-state index in [9.17, 15) is 4.79 Å². The SMILES string of the molecule is O=c1c(CN2CCC(CNc3cc(-c4ccccc4Cl)nc4c(Br)cnn34)CC2)coc2ccccc12. The van der Waals surface area contributed by atoms with Crippen LogP contribution in [0.3, 0.4) is 0 Å². The summed E-state index contributed by atoms with van der Waals surface area (Å²) < 4.78 is 8.35. The Morgan fingerprint density at radius 2 is 1.89 bits per heavy atom. The van der Waals surface area contributed by atoms with E-state index in [0.717, 1.165) is 59.7 Å². The standard InChI is InChI=1S/C28H25BrClN5O2/c29-22-15-32-35-26(13-24(33-28(22)35)20-5-1-3-7-23(20)30)31-14-18-9-11-34(12-10-18)16-19-17-37-25-8-4-2-6-21(25)27(19)36/h1-8,13,15,17-18,31H,9-12,14,16H2. The number of fused-ring (bicyclic) bond motifs is 2. The van der Waals surface area contributed by atoms with Gasteiger partial charge in [0.25, 0.3) is 0 Å². The average molecular weight is 579 g/mol. The van der Waals surface area contributed by atoms with Gasteiger partial charge >= 0.3 is 0 Å². The lowest BCUT2D eigenvalue weighted by Crippen LogP contribution is -2.36. The van der Waals surface area contributed by atoms with Gasteiger partial charge in [0.15, 0.2) is 11.1 Å². The molecule has 7 nitrogen and oxygen atoms in total. The molecule has 0 atom stereocenters. The maximum absolute atomic E-state index is 12.9. The second kappa shape index (κ2) is 10.3. The minimum atomic E-state index is 0.0621. The lowest BCUT2D eigenvalue weighted by molar-refractivity contribution is 0.181. The Hall–Kier alpha value is -3.20. The topological polar surface area (TPSA) is 75.7 Å². The number of rotatable bonds is 6. The summed E-state index contributed by atoms with van der Waals surface area (Å²) in [6.45, 7) is 3.30. The zero-order valence-electron chi connectivity index (χ0n) is 20.0. The number of nitrogens with one attached hydrogen (secondary N) is 1. The third-order valence-corrected chi connectivity index (χ3v) is 7.89. The van der Waals surface area contributed by atoms with E-state index in [-0.39, 0.29) is 5.43 Å². The highest BCUT2D eigenvalue weighted by Gasteiger charge is 2.21. The molecule has 0 aliphatic carbocycles. The van der Waals surface area contributed by atoms with Crippen molar-refractivity contribution in [3.8, 4) is 11.3 Å². The predicted molar refractivity (Wildman–Crippen MR) is 150 cm³/mol. The number of hydrogen-bond acceptors (Lipinski definition) is 6. The van der Waals surface area contributed by atoms with Crippen LogP contribution in [0.15, 0.2) is 80.7 Å². The number of hydrogen-bond donors (Lipinski definition) is 1. The molecule has 0 saturated carbocycles. The molecule has 2 aromatic carbocycles. The van der Waals surface area contributed by atoms with Gasteiger partial charge in [-0.3, -0.25) is 9.69 Å². The van der Waals surface area contributed by atoms with Crippen molar-refractivity contribution in [1.82, 2.24) is 19.5 Å². The molecule has 1 fully saturated rings. The van der Waals surface area contributed by atoms with Gasteiger partial charge in [-0.25, -0.2) is 4.98 Å². The minimum absolute atomic E-state index is 0.0621. The van der Waals surface area contributed by atoms with Gasteiger partial charge in [0.05, 0.1) is 28.0 Å². The van der Waals surface area contributed by atoms with Gasteiger partial charge < -0.3 is 9.73 Å². The lowest BCUT2D eigenvalue weighted by atomic mass is 9.96. The highest BCUT2D eigenvalue weighted by Crippen LogP contribution is 2.30. The summed E-state index contributed by atoms with van der Waals surface area (Å²) in [4.78, 5) is 20.0. The Balaban J connectivity index is 1.13. The van der Waals surface area contributed by atoms with Gasteiger partial charge in [0.2, 0.25) is 0 Å². The first-order chi connectivity index (χ1) is 18.1. The minimum Gasteiger partial charge on any atom is -0.464 e. The van der Waals surface area contributed by atoms with Gasteiger partial charge in [0, 0.05) is 35.3 Å². The van der Waals surface area contributed by atoms with E-state index in [1.165, 1.54) is 0 Å². The highest BCUT2D eigenvalue weighted by atomic mass is 79.9. The van der Waals surface area contributed by atoms with E-state index >= 15 is 0 Å². The number of likely N-dealkylation sites (tertiary alicyclic amines) is 1. The van der Waals surface area contributed by atoms with Crippen LogP contribution >= 0.6 is 27.5 Å². The predicted octanol–water partition coefficient (Wildman–Crippen LogP) is 6.24. The van der Waals surface area contributed by atoms with Gasteiger partial charge in [0.1, 0.15) is 11.4 Å². The molecule has 3 aromatic heterocycles. The van der Waals surface area contributed by atoms with Crippen molar-refractivity contribution in [2.75, 3.05) is 25.0 Å². The molecule has 9 heteroatoms. The maximum atomic E-state index is 12.9. The van der Waals surface area contributed by atoms with Crippen LogP contribution in [0.4, 0.5) is 5.82 Å². The van der Waals surface area contributed by atoms with E-state index in [2.05, 4.69) is 31.2 Å². The first-order valence-corrected chi connectivity index (χ1v) is 13.5. The molecule has 0 unspecified atom stereocenters. The summed E-state index contributed by atoms with van der Waals surface area (Å²) in [7, 11) is 0. The van der Waals surface area contributed by atoms with Gasteiger partial charge in [-0.2, -0.15) is 9.61 Å². The quantitative estimate of drug-likeness (QED) is 0.257. The third-order valence-electron chi connectivity index (χ3n) is 7.00. The summed E-state index contributed by atoms with van der Waals surface area (Å²) in [6, 6.07) is 17.1. The van der Waals surface area contributed by atoms with Gasteiger partial charge in [-0.05, 0) is 66.0 Å². The molecular weight excluding hydrogens is 554 g/mol. The van der Waals surface area contributed by atoms with Crippen molar-refractivity contribution < 1.29 is 4.42 Å². The number of halogens is 2. The van der Waals surface area contributed by atoms with Crippen LogP contribution < -0.4 is 10.7 Å². The molecular formula is C28H25BrClN5O2. The van der Waals surface area contributed by atoms with Crippen LogP contribution in [-0.2, 0) is 6.54 Å². The molecule has 6 rings (SSSR count). The highest BCUT2D eigenvalue weighted by molar-refractivity contribution is 9.10. The van der Waals surface area contributed by atoms with Crippen LogP contribution in [0.25, 0.3) is 27.9 Å². The van der Waals surface area contributed by atoms with Crippen LogP contribution in [0.1, 0.15) is 18.4 Å². The number of piperidine rings is 1. The molecule has 37 heavy (non-hydrogen) atoms. The summed E-state index contributed by atoms with van der Waals surface area (Å²) in [5, 5.41) is 9.40.